The van der Waals surface area contributed by atoms with Crippen molar-refractivity contribution < 1.29 is 8.78 Å². The average Bonchev–Trinajstić information content (AvgIpc) is 2.74. The summed E-state index contributed by atoms with van der Waals surface area (Å²) in [6.07, 6.45) is 1.09. The lowest BCUT2D eigenvalue weighted by Gasteiger charge is -2.18. The SMILES string of the molecule is CNC(c1cc(F)cc(F)c1)C1CC1(C)C. The molecule has 0 amide bonds. The van der Waals surface area contributed by atoms with Crippen LogP contribution in [0.2, 0.25) is 0 Å². The smallest absolute Gasteiger partial charge is 0.126 e. The quantitative estimate of drug-likeness (QED) is 0.832. The lowest BCUT2D eigenvalue weighted by molar-refractivity contribution is 0.436. The largest absolute Gasteiger partial charge is 0.313 e. The van der Waals surface area contributed by atoms with Gasteiger partial charge in [-0.05, 0) is 42.5 Å². The molecule has 1 N–H and O–H groups in total. The van der Waals surface area contributed by atoms with Crippen molar-refractivity contribution in [1.29, 1.82) is 0 Å². The van der Waals surface area contributed by atoms with Crippen molar-refractivity contribution in [3.05, 3.63) is 35.4 Å². The third-order valence-corrected chi connectivity index (χ3v) is 3.55. The molecule has 2 unspecified atom stereocenters. The van der Waals surface area contributed by atoms with Gasteiger partial charge in [0.1, 0.15) is 11.6 Å². The predicted molar refractivity (Wildman–Crippen MR) is 60.0 cm³/mol. The second-order valence-electron chi connectivity index (χ2n) is 5.27. The van der Waals surface area contributed by atoms with Gasteiger partial charge in [-0.2, -0.15) is 0 Å². The molecular weight excluding hydrogens is 208 g/mol. The maximum Gasteiger partial charge on any atom is 0.126 e. The first-order valence-corrected chi connectivity index (χ1v) is 5.57. The minimum Gasteiger partial charge on any atom is -0.313 e. The summed E-state index contributed by atoms with van der Waals surface area (Å²) in [6, 6.07) is 3.78. The number of nitrogens with one attached hydrogen (secondary N) is 1. The molecule has 0 radical (unpaired) electrons. The molecule has 3 heteroatoms. The molecule has 1 aliphatic carbocycles. The molecule has 0 saturated heterocycles. The van der Waals surface area contributed by atoms with Crippen molar-refractivity contribution in [3.63, 3.8) is 0 Å². The zero-order valence-electron chi connectivity index (χ0n) is 9.85. The summed E-state index contributed by atoms with van der Waals surface area (Å²) in [5, 5.41) is 3.16. The van der Waals surface area contributed by atoms with Crippen LogP contribution < -0.4 is 5.32 Å². The van der Waals surface area contributed by atoms with Gasteiger partial charge in [-0.3, -0.25) is 0 Å². The Kier molecular flexibility index (Phi) is 2.74. The lowest BCUT2D eigenvalue weighted by Crippen LogP contribution is -2.20. The van der Waals surface area contributed by atoms with Crippen LogP contribution in [0.25, 0.3) is 0 Å². The second kappa shape index (κ2) is 3.81. The maximum atomic E-state index is 13.1. The number of hydrogen-bond donors (Lipinski definition) is 1. The molecule has 0 aromatic heterocycles. The maximum absolute atomic E-state index is 13.1. The van der Waals surface area contributed by atoms with E-state index in [0.717, 1.165) is 12.5 Å². The van der Waals surface area contributed by atoms with Crippen molar-refractivity contribution in [3.8, 4) is 0 Å². The molecule has 0 bridgehead atoms. The van der Waals surface area contributed by atoms with E-state index in [1.165, 1.54) is 12.1 Å². The summed E-state index contributed by atoms with van der Waals surface area (Å²) < 4.78 is 26.3. The average molecular weight is 225 g/mol. The van der Waals surface area contributed by atoms with E-state index in [2.05, 4.69) is 19.2 Å². The Hall–Kier alpha value is -0.960. The van der Waals surface area contributed by atoms with E-state index in [1.54, 1.807) is 0 Å². The summed E-state index contributed by atoms with van der Waals surface area (Å²) in [5.74, 6) is -0.555. The van der Waals surface area contributed by atoms with Gasteiger partial charge in [-0.1, -0.05) is 13.8 Å². The van der Waals surface area contributed by atoms with Gasteiger partial charge in [-0.25, -0.2) is 8.78 Å². The van der Waals surface area contributed by atoms with E-state index in [9.17, 15) is 8.78 Å². The molecule has 88 valence electrons. The van der Waals surface area contributed by atoms with Crippen LogP contribution in [0, 0.1) is 23.0 Å². The number of hydrogen-bond acceptors (Lipinski definition) is 1. The first-order chi connectivity index (χ1) is 7.44. The molecule has 1 nitrogen and oxygen atoms in total. The summed E-state index contributed by atoms with van der Waals surface area (Å²) in [7, 11) is 1.84. The third-order valence-electron chi connectivity index (χ3n) is 3.55. The fraction of sp³-hybridized carbons (Fsp3) is 0.538. The van der Waals surface area contributed by atoms with Crippen molar-refractivity contribution in [2.24, 2.45) is 11.3 Å². The minimum absolute atomic E-state index is 0.0419. The van der Waals surface area contributed by atoms with Gasteiger partial charge in [0.05, 0.1) is 0 Å². The zero-order chi connectivity index (χ0) is 11.9. The fourth-order valence-corrected chi connectivity index (χ4v) is 2.43. The van der Waals surface area contributed by atoms with Gasteiger partial charge in [0, 0.05) is 12.1 Å². The molecule has 2 rings (SSSR count). The van der Waals surface area contributed by atoms with Crippen LogP contribution >= 0.6 is 0 Å². The monoisotopic (exact) mass is 225 g/mol. The number of halogens is 2. The first-order valence-electron chi connectivity index (χ1n) is 5.57. The van der Waals surface area contributed by atoms with Crippen molar-refractivity contribution in [1.82, 2.24) is 5.32 Å². The van der Waals surface area contributed by atoms with Crippen LogP contribution in [0.3, 0.4) is 0 Å². The van der Waals surface area contributed by atoms with E-state index in [1.807, 2.05) is 7.05 Å². The van der Waals surface area contributed by atoms with Crippen molar-refractivity contribution in [2.75, 3.05) is 7.05 Å². The molecule has 1 saturated carbocycles. The standard InChI is InChI=1S/C13H17F2N/c1-13(2)7-11(13)12(16-3)8-4-9(14)6-10(15)5-8/h4-6,11-12,16H,7H2,1-3H3. The Labute approximate surface area is 94.9 Å². The summed E-state index contributed by atoms with van der Waals surface area (Å²) in [5.41, 5.74) is 0.979. The van der Waals surface area contributed by atoms with Gasteiger partial charge in [0.25, 0.3) is 0 Å². The summed E-state index contributed by atoms with van der Waals surface area (Å²) in [6.45, 7) is 4.36. The molecule has 2 atom stereocenters. The van der Waals surface area contributed by atoms with Gasteiger partial charge in [-0.15, -0.1) is 0 Å². The van der Waals surface area contributed by atoms with E-state index in [-0.39, 0.29) is 11.5 Å². The van der Waals surface area contributed by atoms with E-state index in [0.29, 0.717) is 11.5 Å². The molecule has 1 aromatic rings. The van der Waals surface area contributed by atoms with Crippen molar-refractivity contribution >= 4 is 0 Å². The van der Waals surface area contributed by atoms with Crippen LogP contribution in [0.1, 0.15) is 31.9 Å². The Bertz CT molecular complexity index is 381. The molecule has 1 aliphatic rings. The Balaban J connectivity index is 2.27. The van der Waals surface area contributed by atoms with E-state index < -0.39 is 11.6 Å². The van der Waals surface area contributed by atoms with Crippen LogP contribution in [-0.4, -0.2) is 7.05 Å². The molecule has 0 heterocycles. The molecule has 1 aromatic carbocycles. The highest BCUT2D eigenvalue weighted by Crippen LogP contribution is 2.57. The summed E-state index contributed by atoms with van der Waals surface area (Å²) in [4.78, 5) is 0. The van der Waals surface area contributed by atoms with Crippen LogP contribution in [0.15, 0.2) is 18.2 Å². The number of rotatable bonds is 3. The lowest BCUT2D eigenvalue weighted by atomic mass is 9.97. The van der Waals surface area contributed by atoms with Crippen LogP contribution in [-0.2, 0) is 0 Å². The third kappa shape index (κ3) is 2.09. The second-order valence-corrected chi connectivity index (χ2v) is 5.27. The van der Waals surface area contributed by atoms with Gasteiger partial charge in [0.15, 0.2) is 0 Å². The summed E-state index contributed by atoms with van der Waals surface area (Å²) >= 11 is 0. The molecule has 16 heavy (non-hydrogen) atoms. The highest BCUT2D eigenvalue weighted by atomic mass is 19.1. The molecular formula is C13H17F2N. The van der Waals surface area contributed by atoms with Gasteiger partial charge in [0.2, 0.25) is 0 Å². The minimum atomic E-state index is -0.506. The normalized spacial score (nSPS) is 24.2. The first kappa shape index (κ1) is 11.5. The van der Waals surface area contributed by atoms with Crippen LogP contribution in [0.4, 0.5) is 8.78 Å². The highest BCUT2D eigenvalue weighted by molar-refractivity contribution is 5.24. The molecule has 0 aliphatic heterocycles. The molecule has 0 spiro atoms. The topological polar surface area (TPSA) is 12.0 Å². The fourth-order valence-electron chi connectivity index (χ4n) is 2.43. The van der Waals surface area contributed by atoms with E-state index in [4.69, 9.17) is 0 Å². The highest BCUT2D eigenvalue weighted by Gasteiger charge is 2.50. The molecule has 1 fully saturated rings. The van der Waals surface area contributed by atoms with Crippen molar-refractivity contribution in [2.45, 2.75) is 26.3 Å². The zero-order valence-corrected chi connectivity index (χ0v) is 9.85. The van der Waals surface area contributed by atoms with Gasteiger partial charge < -0.3 is 5.32 Å². The Morgan fingerprint density at radius 2 is 1.75 bits per heavy atom. The predicted octanol–water partition coefficient (Wildman–Crippen LogP) is 3.27. The Morgan fingerprint density at radius 1 is 1.25 bits per heavy atom. The van der Waals surface area contributed by atoms with Gasteiger partial charge >= 0.3 is 0 Å². The number of benzene rings is 1. The Morgan fingerprint density at radius 3 is 2.12 bits per heavy atom. The van der Waals surface area contributed by atoms with E-state index >= 15 is 0 Å². The van der Waals surface area contributed by atoms with Crippen LogP contribution in [0.5, 0.6) is 0 Å².